The molecule has 0 fully saturated rings. The zero-order valence-electron chi connectivity index (χ0n) is 10.6. The quantitative estimate of drug-likeness (QED) is 0.537. The van der Waals surface area contributed by atoms with Gasteiger partial charge in [0.1, 0.15) is 6.07 Å². The number of nitriles is 1. The van der Waals surface area contributed by atoms with E-state index in [0.29, 0.717) is 5.69 Å². The number of aryl methyl sites for hydroxylation is 1. The molecule has 7 heteroatoms. The molecule has 0 saturated carbocycles. The van der Waals surface area contributed by atoms with Crippen molar-refractivity contribution in [3.05, 3.63) is 46.7 Å². The van der Waals surface area contributed by atoms with Gasteiger partial charge in [-0.05, 0) is 30.5 Å². The molecule has 0 aliphatic heterocycles. The summed E-state index contributed by atoms with van der Waals surface area (Å²) < 4.78 is 24.2. The van der Waals surface area contributed by atoms with Crippen LogP contribution in [0.4, 0.5) is 5.69 Å². The molecule has 1 N–H and O–H groups in total. The van der Waals surface area contributed by atoms with Crippen LogP contribution in [0.1, 0.15) is 5.56 Å². The van der Waals surface area contributed by atoms with Crippen molar-refractivity contribution in [3.8, 4) is 6.07 Å². The molecular formula is C13H11N3O2S2. The van der Waals surface area contributed by atoms with Gasteiger partial charge in [-0.25, -0.2) is 8.42 Å². The molecule has 1 aromatic carbocycles. The van der Waals surface area contributed by atoms with Crippen molar-refractivity contribution >= 4 is 31.9 Å². The standard InChI is InChI=1S/C13H11N3O2S2/c1-10-2-4-11(5-3-10)15-16-13(8-14)20(17,18)12-6-7-19-9-12/h2-7,9,15H,1H3/b16-13+. The van der Waals surface area contributed by atoms with Gasteiger partial charge in [0, 0.05) is 5.38 Å². The van der Waals surface area contributed by atoms with E-state index in [1.54, 1.807) is 23.6 Å². The number of nitrogens with zero attached hydrogens (tertiary/aromatic N) is 2. The molecule has 0 atom stereocenters. The van der Waals surface area contributed by atoms with Gasteiger partial charge in [-0.2, -0.15) is 21.7 Å². The number of sulfone groups is 1. The molecule has 0 radical (unpaired) electrons. The predicted molar refractivity (Wildman–Crippen MR) is 79.4 cm³/mol. The third-order valence-corrected chi connectivity index (χ3v) is 4.89. The molecule has 1 heterocycles. The Kier molecular flexibility index (Phi) is 4.17. The number of rotatable bonds is 3. The Morgan fingerprint density at radius 1 is 1.30 bits per heavy atom. The molecule has 2 rings (SSSR count). The van der Waals surface area contributed by atoms with Crippen molar-refractivity contribution in [1.82, 2.24) is 0 Å². The Labute approximate surface area is 121 Å². The van der Waals surface area contributed by atoms with Crippen LogP contribution in [-0.4, -0.2) is 13.5 Å². The van der Waals surface area contributed by atoms with Crippen LogP contribution in [-0.2, 0) is 9.84 Å². The monoisotopic (exact) mass is 305 g/mol. The van der Waals surface area contributed by atoms with E-state index >= 15 is 0 Å². The molecule has 5 nitrogen and oxygen atoms in total. The number of benzene rings is 1. The maximum absolute atomic E-state index is 12.1. The first-order valence-electron chi connectivity index (χ1n) is 5.62. The number of hydrogen-bond donors (Lipinski definition) is 1. The van der Waals surface area contributed by atoms with E-state index in [1.807, 2.05) is 19.1 Å². The maximum atomic E-state index is 12.1. The Balaban J connectivity index is 2.27. The Morgan fingerprint density at radius 2 is 2.00 bits per heavy atom. The highest BCUT2D eigenvalue weighted by Crippen LogP contribution is 2.16. The van der Waals surface area contributed by atoms with Gasteiger partial charge in [-0.3, -0.25) is 5.43 Å². The molecule has 0 aliphatic carbocycles. The van der Waals surface area contributed by atoms with Crippen LogP contribution in [0, 0.1) is 18.3 Å². The second-order valence-electron chi connectivity index (χ2n) is 3.97. The Hall–Kier alpha value is -2.17. The minimum Gasteiger partial charge on any atom is -0.277 e. The lowest BCUT2D eigenvalue weighted by atomic mass is 10.2. The summed E-state index contributed by atoms with van der Waals surface area (Å²) in [6.45, 7) is 1.94. The number of hydrogen-bond acceptors (Lipinski definition) is 6. The highest BCUT2D eigenvalue weighted by Gasteiger charge is 2.23. The highest BCUT2D eigenvalue weighted by molar-refractivity contribution is 8.07. The molecule has 0 aliphatic rings. The van der Waals surface area contributed by atoms with E-state index in [1.165, 1.54) is 22.8 Å². The lowest BCUT2D eigenvalue weighted by Crippen LogP contribution is -2.14. The zero-order valence-corrected chi connectivity index (χ0v) is 12.2. The average Bonchev–Trinajstić information content (AvgIpc) is 2.96. The van der Waals surface area contributed by atoms with E-state index in [0.717, 1.165) is 5.56 Å². The summed E-state index contributed by atoms with van der Waals surface area (Å²) in [4.78, 5) is 0.0773. The van der Waals surface area contributed by atoms with Gasteiger partial charge in [0.2, 0.25) is 9.84 Å². The topological polar surface area (TPSA) is 82.3 Å². The molecule has 0 spiro atoms. The molecule has 20 heavy (non-hydrogen) atoms. The Bertz CT molecular complexity index is 755. The summed E-state index contributed by atoms with van der Waals surface area (Å²) in [6, 6.07) is 10.3. The van der Waals surface area contributed by atoms with Crippen LogP contribution in [0.2, 0.25) is 0 Å². The van der Waals surface area contributed by atoms with Crippen LogP contribution in [0.5, 0.6) is 0 Å². The maximum Gasteiger partial charge on any atom is 0.256 e. The highest BCUT2D eigenvalue weighted by atomic mass is 32.2. The van der Waals surface area contributed by atoms with Crippen LogP contribution in [0.3, 0.4) is 0 Å². The summed E-state index contributed by atoms with van der Waals surface area (Å²) in [6.07, 6.45) is 0. The smallest absolute Gasteiger partial charge is 0.256 e. The fourth-order valence-electron chi connectivity index (χ4n) is 1.41. The predicted octanol–water partition coefficient (Wildman–Crippen LogP) is 2.78. The van der Waals surface area contributed by atoms with E-state index < -0.39 is 14.9 Å². The SMILES string of the molecule is Cc1ccc(N/N=C(\C#N)S(=O)(=O)c2ccsc2)cc1. The zero-order chi connectivity index (χ0) is 14.6. The Morgan fingerprint density at radius 3 is 2.55 bits per heavy atom. The van der Waals surface area contributed by atoms with Crippen molar-refractivity contribution < 1.29 is 8.42 Å². The fraction of sp³-hybridized carbons (Fsp3) is 0.0769. The average molecular weight is 305 g/mol. The minimum atomic E-state index is -3.85. The van der Waals surface area contributed by atoms with Gasteiger partial charge in [0.05, 0.1) is 10.6 Å². The van der Waals surface area contributed by atoms with Crippen LogP contribution in [0.15, 0.2) is 51.1 Å². The third kappa shape index (κ3) is 3.04. The lowest BCUT2D eigenvalue weighted by Gasteiger charge is -2.02. The normalized spacial score (nSPS) is 11.9. The van der Waals surface area contributed by atoms with Crippen LogP contribution < -0.4 is 5.43 Å². The van der Waals surface area contributed by atoms with E-state index in [2.05, 4.69) is 10.5 Å². The summed E-state index contributed by atoms with van der Waals surface area (Å²) >= 11 is 1.25. The van der Waals surface area contributed by atoms with E-state index in [9.17, 15) is 8.42 Å². The molecule has 0 amide bonds. The van der Waals surface area contributed by atoms with Gasteiger partial charge < -0.3 is 0 Å². The summed E-state index contributed by atoms with van der Waals surface area (Å²) in [5, 5.41) is 15.2. The van der Waals surface area contributed by atoms with Gasteiger partial charge in [0.25, 0.3) is 5.04 Å². The molecule has 102 valence electrons. The second kappa shape index (κ2) is 5.86. The first-order valence-corrected chi connectivity index (χ1v) is 8.04. The summed E-state index contributed by atoms with van der Waals surface area (Å²) in [5.41, 5.74) is 4.27. The minimum absolute atomic E-state index is 0.0773. The van der Waals surface area contributed by atoms with E-state index in [4.69, 9.17) is 5.26 Å². The largest absolute Gasteiger partial charge is 0.277 e. The fourth-order valence-corrected chi connectivity index (χ4v) is 3.44. The number of hydrazone groups is 1. The number of thiophene rings is 1. The molecule has 1 aromatic heterocycles. The van der Waals surface area contributed by atoms with Gasteiger partial charge in [0.15, 0.2) is 0 Å². The van der Waals surface area contributed by atoms with Gasteiger partial charge in [-0.1, -0.05) is 17.7 Å². The van der Waals surface area contributed by atoms with Crippen molar-refractivity contribution in [2.75, 3.05) is 5.43 Å². The number of nitrogens with one attached hydrogen (secondary N) is 1. The third-order valence-electron chi connectivity index (χ3n) is 2.49. The van der Waals surface area contributed by atoms with Crippen molar-refractivity contribution in [3.63, 3.8) is 0 Å². The van der Waals surface area contributed by atoms with Crippen molar-refractivity contribution in [2.24, 2.45) is 5.10 Å². The molecule has 2 aromatic rings. The molecular weight excluding hydrogens is 294 g/mol. The van der Waals surface area contributed by atoms with E-state index in [-0.39, 0.29) is 4.90 Å². The second-order valence-corrected chi connectivity index (χ2v) is 6.61. The van der Waals surface area contributed by atoms with Gasteiger partial charge in [-0.15, -0.1) is 0 Å². The summed E-state index contributed by atoms with van der Waals surface area (Å²) in [7, 11) is -3.85. The van der Waals surface area contributed by atoms with Crippen LogP contribution in [0.25, 0.3) is 0 Å². The van der Waals surface area contributed by atoms with Crippen LogP contribution >= 0.6 is 11.3 Å². The first kappa shape index (κ1) is 14.2. The molecule has 0 saturated heterocycles. The summed E-state index contributed by atoms with van der Waals surface area (Å²) in [5.74, 6) is 0. The molecule has 0 unspecified atom stereocenters. The van der Waals surface area contributed by atoms with Crippen molar-refractivity contribution in [2.45, 2.75) is 11.8 Å². The molecule has 0 bridgehead atoms. The number of anilines is 1. The lowest BCUT2D eigenvalue weighted by molar-refractivity contribution is 0.607. The first-order chi connectivity index (χ1) is 9.54. The van der Waals surface area contributed by atoms with Gasteiger partial charge >= 0.3 is 0 Å². The van der Waals surface area contributed by atoms with Crippen molar-refractivity contribution in [1.29, 1.82) is 5.26 Å².